The molecule has 1 atom stereocenters. The number of para-hydroxylation sites is 2. The molecule has 1 aliphatic heterocycles. The smallest absolute Gasteiger partial charge is 0.328 e. The summed E-state index contributed by atoms with van der Waals surface area (Å²) in [6.45, 7) is 0.652. The monoisotopic (exact) mass is 543 g/mol. The first-order valence-electron chi connectivity index (χ1n) is 12.8. The average molecular weight is 544 g/mol. The summed E-state index contributed by atoms with van der Waals surface area (Å²) in [4.78, 5) is 50.7. The van der Waals surface area contributed by atoms with E-state index < -0.39 is 6.04 Å². The number of aromatic amines is 1. The van der Waals surface area contributed by atoms with Gasteiger partial charge in [-0.2, -0.15) is 0 Å². The molecule has 0 saturated carbocycles. The van der Waals surface area contributed by atoms with Gasteiger partial charge < -0.3 is 19.9 Å². The normalized spacial score (nSPS) is 15.2. The number of nitrogens with zero attached hydrogens (tertiary/aromatic N) is 3. The predicted molar refractivity (Wildman–Crippen MR) is 153 cm³/mol. The van der Waals surface area contributed by atoms with Gasteiger partial charge >= 0.3 is 5.97 Å². The molecule has 10 heteroatoms. The fourth-order valence-corrected chi connectivity index (χ4v) is 5.41. The minimum absolute atomic E-state index is 0.0889. The number of methoxy groups -OCH3 is 1. The second-order valence-electron chi connectivity index (χ2n) is 9.26. The number of hydrogen-bond donors (Lipinski definition) is 2. The number of nitrogens with one attached hydrogen (secondary N) is 2. The lowest BCUT2D eigenvalue weighted by Crippen LogP contribution is -2.43. The summed E-state index contributed by atoms with van der Waals surface area (Å²) in [6, 6.07) is 14.7. The highest BCUT2D eigenvalue weighted by atomic mass is 32.1. The fourth-order valence-electron chi connectivity index (χ4n) is 4.67. The van der Waals surface area contributed by atoms with Crippen molar-refractivity contribution in [1.82, 2.24) is 19.9 Å². The van der Waals surface area contributed by atoms with Crippen LogP contribution in [0.5, 0.6) is 0 Å². The van der Waals surface area contributed by atoms with Crippen LogP contribution in [0.4, 0.5) is 5.13 Å². The van der Waals surface area contributed by atoms with Crippen molar-refractivity contribution < 1.29 is 14.3 Å². The number of likely N-dealkylation sites (tertiary alicyclic amines) is 1. The topological polar surface area (TPSA) is 117 Å². The Labute approximate surface area is 229 Å². The van der Waals surface area contributed by atoms with Crippen LogP contribution in [-0.2, 0) is 20.7 Å². The van der Waals surface area contributed by atoms with Gasteiger partial charge in [-0.3, -0.25) is 9.59 Å². The van der Waals surface area contributed by atoms with E-state index in [1.54, 1.807) is 4.90 Å². The Morgan fingerprint density at radius 3 is 2.95 bits per heavy atom. The van der Waals surface area contributed by atoms with Crippen LogP contribution in [0, 0.1) is 0 Å². The number of H-pyrrole nitrogens is 1. The molecule has 200 valence electrons. The molecule has 0 bridgehead atoms. The standard InChI is InChI=1S/C29H29N5O4S/c1-38-28(37)24-14-7-15-34(24)25(35)17-30-29-31-21(18-39-29)11-3-2-8-19-9-6-10-20(16-19)26-27(36)33-23-13-5-4-12-22(23)32-26/h2,4-6,8-10,12-13,16,18,24H,3,7,11,14-15,17H2,1H3,(H,30,31)(H,33,36)/b8-2+. The Kier molecular flexibility index (Phi) is 8.12. The number of ether oxygens (including phenoxy) is 1. The van der Waals surface area contributed by atoms with Crippen LogP contribution >= 0.6 is 11.3 Å². The number of amides is 1. The van der Waals surface area contributed by atoms with E-state index in [9.17, 15) is 14.4 Å². The molecule has 39 heavy (non-hydrogen) atoms. The van der Waals surface area contributed by atoms with Gasteiger partial charge in [-0.15, -0.1) is 11.3 Å². The van der Waals surface area contributed by atoms with Crippen molar-refractivity contribution in [2.75, 3.05) is 25.5 Å². The number of esters is 1. The Bertz CT molecular complexity index is 1580. The van der Waals surface area contributed by atoms with Crippen LogP contribution in [0.15, 0.2) is 64.8 Å². The van der Waals surface area contributed by atoms with Gasteiger partial charge in [0.05, 0.1) is 30.4 Å². The maximum absolute atomic E-state index is 12.6. The molecule has 3 heterocycles. The van der Waals surface area contributed by atoms with Gasteiger partial charge in [0.2, 0.25) is 5.91 Å². The summed E-state index contributed by atoms with van der Waals surface area (Å²) in [7, 11) is 1.34. The Hall–Kier alpha value is -4.31. The van der Waals surface area contributed by atoms with Gasteiger partial charge in [-0.25, -0.2) is 14.8 Å². The number of benzene rings is 2. The van der Waals surface area contributed by atoms with Crippen LogP contribution in [0.25, 0.3) is 28.4 Å². The minimum Gasteiger partial charge on any atom is -0.467 e. The quantitative estimate of drug-likeness (QED) is 0.303. The van der Waals surface area contributed by atoms with Crippen LogP contribution in [0.2, 0.25) is 0 Å². The SMILES string of the molecule is COC(=O)C1CCCN1C(=O)CNc1nc(CC/C=C/c2cccc(-c3nc4ccccc4[nH]c3=O)c2)cs1. The number of rotatable bonds is 9. The Morgan fingerprint density at radius 1 is 1.21 bits per heavy atom. The third kappa shape index (κ3) is 6.23. The van der Waals surface area contributed by atoms with Crippen molar-refractivity contribution >= 4 is 45.5 Å². The zero-order valence-corrected chi connectivity index (χ0v) is 22.4. The lowest BCUT2D eigenvalue weighted by Gasteiger charge is -2.22. The van der Waals surface area contributed by atoms with Crippen molar-refractivity contribution in [3.8, 4) is 11.3 Å². The molecule has 1 aliphatic rings. The number of allylic oxidation sites excluding steroid dienone is 1. The first kappa shape index (κ1) is 26.3. The molecular formula is C29H29N5O4S. The van der Waals surface area contributed by atoms with Crippen molar-refractivity contribution in [3.63, 3.8) is 0 Å². The highest BCUT2D eigenvalue weighted by Crippen LogP contribution is 2.21. The van der Waals surface area contributed by atoms with Crippen LogP contribution in [-0.4, -0.2) is 58.0 Å². The number of aromatic nitrogens is 3. The summed E-state index contributed by atoms with van der Waals surface area (Å²) in [5.74, 6) is -0.498. The zero-order chi connectivity index (χ0) is 27.2. The van der Waals surface area contributed by atoms with E-state index in [1.165, 1.54) is 18.4 Å². The van der Waals surface area contributed by atoms with Crippen molar-refractivity contribution in [3.05, 3.63) is 81.6 Å². The van der Waals surface area contributed by atoms with Crippen molar-refractivity contribution in [2.24, 2.45) is 0 Å². The van der Waals surface area contributed by atoms with E-state index >= 15 is 0 Å². The third-order valence-corrected chi connectivity index (χ3v) is 7.47. The van der Waals surface area contributed by atoms with E-state index in [0.29, 0.717) is 29.3 Å². The van der Waals surface area contributed by atoms with Crippen LogP contribution < -0.4 is 10.9 Å². The molecule has 1 fully saturated rings. The van der Waals surface area contributed by atoms with Crippen molar-refractivity contribution in [2.45, 2.75) is 31.7 Å². The highest BCUT2D eigenvalue weighted by molar-refractivity contribution is 7.13. The molecule has 1 amide bonds. The number of thiazole rings is 1. The lowest BCUT2D eigenvalue weighted by molar-refractivity contribution is -0.150. The number of aryl methyl sites for hydroxylation is 1. The maximum Gasteiger partial charge on any atom is 0.328 e. The van der Waals surface area contributed by atoms with Gasteiger partial charge in [0.1, 0.15) is 11.7 Å². The summed E-state index contributed by atoms with van der Waals surface area (Å²) in [6.07, 6.45) is 7.07. The molecule has 9 nitrogen and oxygen atoms in total. The highest BCUT2D eigenvalue weighted by Gasteiger charge is 2.34. The lowest BCUT2D eigenvalue weighted by atomic mass is 10.1. The zero-order valence-electron chi connectivity index (χ0n) is 21.6. The number of fused-ring (bicyclic) bond motifs is 1. The van der Waals surface area contributed by atoms with Gasteiger partial charge in [-0.05, 0) is 49.4 Å². The van der Waals surface area contributed by atoms with Gasteiger partial charge in [0.15, 0.2) is 5.13 Å². The molecule has 0 radical (unpaired) electrons. The molecule has 2 aromatic heterocycles. The van der Waals surface area contributed by atoms with E-state index in [-0.39, 0.29) is 24.0 Å². The molecule has 0 aliphatic carbocycles. The molecular weight excluding hydrogens is 514 g/mol. The number of anilines is 1. The third-order valence-electron chi connectivity index (χ3n) is 6.63. The average Bonchev–Trinajstić information content (AvgIpc) is 3.63. The first-order chi connectivity index (χ1) is 19.0. The second-order valence-corrected chi connectivity index (χ2v) is 10.1. The predicted octanol–water partition coefficient (Wildman–Crippen LogP) is 4.27. The Morgan fingerprint density at radius 2 is 2.08 bits per heavy atom. The van der Waals surface area contributed by atoms with E-state index in [4.69, 9.17) is 4.74 Å². The summed E-state index contributed by atoms with van der Waals surface area (Å²) < 4.78 is 4.81. The van der Waals surface area contributed by atoms with E-state index in [0.717, 1.165) is 41.6 Å². The van der Waals surface area contributed by atoms with Crippen LogP contribution in [0.3, 0.4) is 0 Å². The molecule has 4 aromatic rings. The minimum atomic E-state index is -0.492. The van der Waals surface area contributed by atoms with Gasteiger partial charge in [-0.1, -0.05) is 42.5 Å². The Balaban J connectivity index is 1.14. The largest absolute Gasteiger partial charge is 0.467 e. The number of carbonyl (C=O) groups is 2. The van der Waals surface area contributed by atoms with Crippen molar-refractivity contribution in [1.29, 1.82) is 0 Å². The fraction of sp³-hybridized carbons (Fsp3) is 0.276. The van der Waals surface area contributed by atoms with Gasteiger partial charge in [0.25, 0.3) is 5.56 Å². The second kappa shape index (κ2) is 12.0. The summed E-state index contributed by atoms with van der Waals surface area (Å²) in [5.41, 5.74) is 4.33. The summed E-state index contributed by atoms with van der Waals surface area (Å²) in [5, 5.41) is 5.74. The molecule has 1 saturated heterocycles. The number of hydrogen-bond acceptors (Lipinski definition) is 8. The molecule has 0 spiro atoms. The first-order valence-corrected chi connectivity index (χ1v) is 13.7. The molecule has 2 aromatic carbocycles. The summed E-state index contributed by atoms with van der Waals surface area (Å²) >= 11 is 1.45. The van der Waals surface area contributed by atoms with E-state index in [1.807, 2.05) is 60.0 Å². The van der Waals surface area contributed by atoms with Crippen LogP contribution in [0.1, 0.15) is 30.5 Å². The molecule has 1 unspecified atom stereocenters. The van der Waals surface area contributed by atoms with E-state index in [2.05, 4.69) is 26.3 Å². The number of carbonyl (C=O) groups excluding carboxylic acids is 2. The van der Waals surface area contributed by atoms with Gasteiger partial charge in [0, 0.05) is 17.5 Å². The molecule has 2 N–H and O–H groups in total. The maximum atomic E-state index is 12.6. The molecule has 5 rings (SSSR count).